The van der Waals surface area contributed by atoms with Gasteiger partial charge in [-0.3, -0.25) is 0 Å². The zero-order valence-electron chi connectivity index (χ0n) is 10.3. The van der Waals surface area contributed by atoms with Gasteiger partial charge in [0, 0.05) is 26.9 Å². The van der Waals surface area contributed by atoms with E-state index in [0.717, 1.165) is 12.7 Å². The van der Waals surface area contributed by atoms with Crippen LogP contribution < -0.4 is 4.74 Å². The lowest BCUT2D eigenvalue weighted by Crippen LogP contribution is -2.22. The lowest BCUT2D eigenvalue weighted by molar-refractivity contribution is 0.0213. The minimum absolute atomic E-state index is 0.227. The molecule has 0 radical (unpaired) electrons. The summed E-state index contributed by atoms with van der Waals surface area (Å²) >= 11 is 9.11. The fourth-order valence-electron chi connectivity index (χ4n) is 1.05. The van der Waals surface area contributed by atoms with Crippen molar-refractivity contribution < 1.29 is 9.47 Å². The van der Waals surface area contributed by atoms with E-state index in [0.29, 0.717) is 15.4 Å². The SMILES string of the molecule is C[Si](C)(C)CCOCOc1cc(Cl)cnc1Br. The second kappa shape index (κ2) is 6.73. The molecule has 0 amide bonds. The molecule has 1 heterocycles. The summed E-state index contributed by atoms with van der Waals surface area (Å²) < 4.78 is 11.5. The molecule has 1 aromatic rings. The maximum atomic E-state index is 5.82. The lowest BCUT2D eigenvalue weighted by Gasteiger charge is -2.15. The van der Waals surface area contributed by atoms with E-state index in [4.69, 9.17) is 21.1 Å². The van der Waals surface area contributed by atoms with E-state index in [-0.39, 0.29) is 6.79 Å². The van der Waals surface area contributed by atoms with Gasteiger partial charge in [-0.1, -0.05) is 31.2 Å². The summed E-state index contributed by atoms with van der Waals surface area (Å²) in [5, 5.41) is 0.547. The first-order chi connectivity index (χ1) is 7.88. The number of hydrogen-bond acceptors (Lipinski definition) is 3. The van der Waals surface area contributed by atoms with Gasteiger partial charge in [-0.15, -0.1) is 0 Å². The van der Waals surface area contributed by atoms with Crippen LogP contribution in [0, 0.1) is 0 Å². The van der Waals surface area contributed by atoms with E-state index in [1.807, 2.05) is 0 Å². The monoisotopic (exact) mass is 337 g/mol. The highest BCUT2D eigenvalue weighted by molar-refractivity contribution is 9.10. The third-order valence-electron chi connectivity index (χ3n) is 2.07. The quantitative estimate of drug-likeness (QED) is 0.337. The van der Waals surface area contributed by atoms with Crippen LogP contribution in [0.5, 0.6) is 5.75 Å². The van der Waals surface area contributed by atoms with Crippen molar-refractivity contribution in [1.82, 2.24) is 4.98 Å². The fraction of sp³-hybridized carbons (Fsp3) is 0.545. The second-order valence-corrected chi connectivity index (χ2v) is 11.7. The molecule has 0 saturated heterocycles. The molecule has 0 saturated carbocycles. The van der Waals surface area contributed by atoms with Crippen molar-refractivity contribution in [3.63, 3.8) is 0 Å². The number of nitrogens with zero attached hydrogens (tertiary/aromatic N) is 1. The highest BCUT2D eigenvalue weighted by Crippen LogP contribution is 2.25. The summed E-state index contributed by atoms with van der Waals surface area (Å²) in [4.78, 5) is 4.03. The Bertz CT molecular complexity index is 371. The fourth-order valence-corrected chi connectivity index (χ4v) is 2.28. The van der Waals surface area contributed by atoms with Crippen LogP contribution in [0.25, 0.3) is 0 Å². The highest BCUT2D eigenvalue weighted by atomic mass is 79.9. The maximum absolute atomic E-state index is 5.82. The van der Waals surface area contributed by atoms with Crippen LogP contribution in [0.15, 0.2) is 16.9 Å². The third kappa shape index (κ3) is 6.40. The smallest absolute Gasteiger partial charge is 0.189 e. The van der Waals surface area contributed by atoms with Gasteiger partial charge in [0.1, 0.15) is 4.60 Å². The molecule has 1 aromatic heterocycles. The Morgan fingerprint density at radius 2 is 2.12 bits per heavy atom. The van der Waals surface area contributed by atoms with E-state index < -0.39 is 8.07 Å². The molecule has 0 aliphatic carbocycles. The van der Waals surface area contributed by atoms with Crippen molar-refractivity contribution in [2.75, 3.05) is 13.4 Å². The molecule has 0 bridgehead atoms. The number of pyridine rings is 1. The molecule has 0 aliphatic heterocycles. The summed E-state index contributed by atoms with van der Waals surface area (Å²) in [6, 6.07) is 2.84. The van der Waals surface area contributed by atoms with E-state index in [1.165, 1.54) is 0 Å². The molecule has 3 nitrogen and oxygen atoms in total. The highest BCUT2D eigenvalue weighted by Gasteiger charge is 2.12. The van der Waals surface area contributed by atoms with Crippen LogP contribution >= 0.6 is 27.5 Å². The zero-order chi connectivity index (χ0) is 12.9. The van der Waals surface area contributed by atoms with Crippen LogP contribution in [0.2, 0.25) is 30.7 Å². The number of ether oxygens (including phenoxy) is 2. The lowest BCUT2D eigenvalue weighted by atomic mass is 10.5. The number of halogens is 2. The molecule has 0 aliphatic rings. The first kappa shape index (κ1) is 15.0. The topological polar surface area (TPSA) is 31.4 Å². The van der Waals surface area contributed by atoms with Crippen molar-refractivity contribution in [3.05, 3.63) is 21.9 Å². The molecule has 0 aromatic carbocycles. The van der Waals surface area contributed by atoms with Gasteiger partial charge in [-0.05, 0) is 22.0 Å². The Morgan fingerprint density at radius 1 is 1.41 bits per heavy atom. The van der Waals surface area contributed by atoms with Crippen LogP contribution in [-0.2, 0) is 4.74 Å². The molecule has 0 spiro atoms. The summed E-state index contributed by atoms with van der Waals surface area (Å²) in [6.45, 7) is 7.91. The van der Waals surface area contributed by atoms with Crippen molar-refractivity contribution in [1.29, 1.82) is 0 Å². The van der Waals surface area contributed by atoms with E-state index in [2.05, 4.69) is 40.6 Å². The molecule has 0 N–H and O–H groups in total. The van der Waals surface area contributed by atoms with E-state index in [1.54, 1.807) is 12.3 Å². The van der Waals surface area contributed by atoms with Crippen LogP contribution in [0.4, 0.5) is 0 Å². The van der Waals surface area contributed by atoms with Crippen molar-refractivity contribution in [2.45, 2.75) is 25.7 Å². The van der Waals surface area contributed by atoms with Gasteiger partial charge in [-0.25, -0.2) is 4.98 Å². The largest absolute Gasteiger partial charge is 0.465 e. The Balaban J connectivity index is 2.29. The van der Waals surface area contributed by atoms with Crippen molar-refractivity contribution in [2.24, 2.45) is 0 Å². The Morgan fingerprint density at radius 3 is 2.76 bits per heavy atom. The molecule has 17 heavy (non-hydrogen) atoms. The van der Waals surface area contributed by atoms with E-state index in [9.17, 15) is 0 Å². The van der Waals surface area contributed by atoms with Gasteiger partial charge < -0.3 is 9.47 Å². The number of aromatic nitrogens is 1. The Kier molecular flexibility index (Phi) is 5.92. The molecule has 96 valence electrons. The summed E-state index contributed by atoms with van der Waals surface area (Å²) in [5.41, 5.74) is 0. The van der Waals surface area contributed by atoms with Gasteiger partial charge >= 0.3 is 0 Å². The van der Waals surface area contributed by atoms with Gasteiger partial charge in [0.25, 0.3) is 0 Å². The summed E-state index contributed by atoms with van der Waals surface area (Å²) in [5.74, 6) is 0.602. The molecule has 0 unspecified atom stereocenters. The van der Waals surface area contributed by atoms with Crippen molar-refractivity contribution >= 4 is 35.6 Å². The average molecular weight is 339 g/mol. The first-order valence-electron chi connectivity index (χ1n) is 5.40. The minimum atomic E-state index is -1.03. The predicted octanol–water partition coefficient (Wildman–Crippen LogP) is 4.19. The summed E-state index contributed by atoms with van der Waals surface area (Å²) in [7, 11) is -1.03. The van der Waals surface area contributed by atoms with E-state index >= 15 is 0 Å². The second-order valence-electron chi connectivity index (χ2n) is 4.92. The predicted molar refractivity (Wildman–Crippen MR) is 76.5 cm³/mol. The van der Waals surface area contributed by atoms with Crippen LogP contribution in [-0.4, -0.2) is 26.5 Å². The van der Waals surface area contributed by atoms with Crippen LogP contribution in [0.1, 0.15) is 0 Å². The molecule has 0 atom stereocenters. The van der Waals surface area contributed by atoms with Gasteiger partial charge in [0.15, 0.2) is 12.5 Å². The van der Waals surface area contributed by atoms with Gasteiger partial charge in [0.2, 0.25) is 0 Å². The normalized spacial score (nSPS) is 11.6. The molecule has 0 fully saturated rings. The molecule has 1 rings (SSSR count). The zero-order valence-corrected chi connectivity index (χ0v) is 13.6. The number of hydrogen-bond donors (Lipinski definition) is 0. The maximum Gasteiger partial charge on any atom is 0.189 e. The van der Waals surface area contributed by atoms with Gasteiger partial charge in [-0.2, -0.15) is 0 Å². The molecular formula is C11H17BrClNO2Si. The third-order valence-corrected chi connectivity index (χ3v) is 4.57. The minimum Gasteiger partial charge on any atom is -0.465 e. The molecule has 6 heteroatoms. The average Bonchev–Trinajstić information content (AvgIpc) is 2.21. The summed E-state index contributed by atoms with van der Waals surface area (Å²) in [6.07, 6.45) is 1.56. The molecular weight excluding hydrogens is 322 g/mol. The van der Waals surface area contributed by atoms with Gasteiger partial charge in [0.05, 0.1) is 5.02 Å². The Hall–Kier alpha value is -0.103. The number of rotatable bonds is 6. The van der Waals surface area contributed by atoms with Crippen LogP contribution in [0.3, 0.4) is 0 Å². The standard InChI is InChI=1S/C11H17BrClNO2Si/c1-17(2,3)5-4-15-8-16-10-6-9(13)7-14-11(10)12/h6-7H,4-5,8H2,1-3H3. The van der Waals surface area contributed by atoms with Crippen molar-refractivity contribution in [3.8, 4) is 5.75 Å². The Labute approximate surface area is 117 Å². The first-order valence-corrected chi connectivity index (χ1v) is 10.3.